The van der Waals surface area contributed by atoms with Gasteiger partial charge in [0.15, 0.2) is 0 Å². The first kappa shape index (κ1) is 12.3. The maximum atomic E-state index is 4.42. The van der Waals surface area contributed by atoms with Crippen LogP contribution in [0.1, 0.15) is 11.5 Å². The van der Waals surface area contributed by atoms with Crippen molar-refractivity contribution in [2.45, 2.75) is 13.5 Å². The minimum atomic E-state index is 0.624. The molecule has 6 nitrogen and oxygen atoms in total. The molecule has 0 aliphatic carbocycles. The molecule has 1 N–H and O–H groups in total. The first-order chi connectivity index (χ1) is 9.83. The molecule has 20 heavy (non-hydrogen) atoms. The van der Waals surface area contributed by atoms with Gasteiger partial charge in [-0.2, -0.15) is 0 Å². The van der Waals surface area contributed by atoms with Gasteiger partial charge in [0.1, 0.15) is 11.6 Å². The second-order valence-electron chi connectivity index (χ2n) is 4.30. The SMILES string of the molecule is Cc1nccn1-c1ccc(NCc2cnccn2)cn1. The molecule has 3 heterocycles. The molecule has 0 aromatic carbocycles. The molecule has 0 amide bonds. The van der Waals surface area contributed by atoms with E-state index in [0.717, 1.165) is 23.0 Å². The molecule has 3 rings (SSSR count). The highest BCUT2D eigenvalue weighted by Crippen LogP contribution is 2.11. The number of hydrogen-bond donors (Lipinski definition) is 1. The fraction of sp³-hybridized carbons (Fsp3) is 0.143. The van der Waals surface area contributed by atoms with Crippen molar-refractivity contribution >= 4 is 5.69 Å². The highest BCUT2D eigenvalue weighted by molar-refractivity contribution is 5.44. The predicted molar refractivity (Wildman–Crippen MR) is 75.5 cm³/mol. The van der Waals surface area contributed by atoms with E-state index >= 15 is 0 Å². The number of nitrogens with one attached hydrogen (secondary N) is 1. The van der Waals surface area contributed by atoms with E-state index in [1.54, 1.807) is 31.0 Å². The molecule has 3 aromatic rings. The summed E-state index contributed by atoms with van der Waals surface area (Å²) in [5, 5.41) is 3.26. The van der Waals surface area contributed by atoms with E-state index in [-0.39, 0.29) is 0 Å². The lowest BCUT2D eigenvalue weighted by Gasteiger charge is -2.07. The van der Waals surface area contributed by atoms with E-state index in [0.29, 0.717) is 6.54 Å². The zero-order valence-electron chi connectivity index (χ0n) is 11.1. The minimum absolute atomic E-state index is 0.624. The van der Waals surface area contributed by atoms with Crippen molar-refractivity contribution in [3.8, 4) is 5.82 Å². The zero-order chi connectivity index (χ0) is 13.8. The number of anilines is 1. The molecule has 0 aliphatic rings. The van der Waals surface area contributed by atoms with Crippen molar-refractivity contribution < 1.29 is 0 Å². The maximum Gasteiger partial charge on any atom is 0.138 e. The van der Waals surface area contributed by atoms with Crippen molar-refractivity contribution in [3.63, 3.8) is 0 Å². The lowest BCUT2D eigenvalue weighted by molar-refractivity contribution is 0.931. The molecule has 0 spiro atoms. The van der Waals surface area contributed by atoms with Crippen molar-refractivity contribution in [2.24, 2.45) is 0 Å². The van der Waals surface area contributed by atoms with E-state index in [2.05, 4.69) is 25.3 Å². The summed E-state index contributed by atoms with van der Waals surface area (Å²) in [6.45, 7) is 2.57. The van der Waals surface area contributed by atoms with Crippen LogP contribution in [-0.2, 0) is 6.54 Å². The number of imidazole rings is 1. The van der Waals surface area contributed by atoms with Crippen LogP contribution < -0.4 is 5.32 Å². The molecule has 3 aromatic heterocycles. The highest BCUT2D eigenvalue weighted by atomic mass is 15.1. The average molecular weight is 266 g/mol. The Morgan fingerprint density at radius 2 is 2.00 bits per heavy atom. The van der Waals surface area contributed by atoms with Crippen LogP contribution in [-0.4, -0.2) is 24.5 Å². The number of pyridine rings is 1. The fourth-order valence-electron chi connectivity index (χ4n) is 1.87. The van der Waals surface area contributed by atoms with Gasteiger partial charge in [-0.1, -0.05) is 0 Å². The normalized spacial score (nSPS) is 10.4. The number of nitrogens with zero attached hydrogens (tertiary/aromatic N) is 5. The Bertz CT molecular complexity index is 674. The van der Waals surface area contributed by atoms with Gasteiger partial charge in [0.2, 0.25) is 0 Å². The topological polar surface area (TPSA) is 68.5 Å². The molecule has 6 heteroatoms. The second kappa shape index (κ2) is 5.48. The van der Waals surface area contributed by atoms with Crippen LogP contribution in [0.3, 0.4) is 0 Å². The first-order valence-corrected chi connectivity index (χ1v) is 6.28. The molecule has 0 unspecified atom stereocenters. The fourth-order valence-corrected chi connectivity index (χ4v) is 1.87. The van der Waals surface area contributed by atoms with Crippen LogP contribution in [0.15, 0.2) is 49.3 Å². The monoisotopic (exact) mass is 266 g/mol. The van der Waals surface area contributed by atoms with E-state index < -0.39 is 0 Å². The third-order valence-electron chi connectivity index (χ3n) is 2.91. The predicted octanol–water partition coefficient (Wildman–Crippen LogP) is 1.98. The van der Waals surface area contributed by atoms with Gasteiger partial charge in [-0.25, -0.2) is 9.97 Å². The summed E-state index contributed by atoms with van der Waals surface area (Å²) in [7, 11) is 0. The van der Waals surface area contributed by atoms with Crippen LogP contribution in [0.2, 0.25) is 0 Å². The summed E-state index contributed by atoms with van der Waals surface area (Å²) in [6, 6.07) is 3.94. The third-order valence-corrected chi connectivity index (χ3v) is 2.91. The van der Waals surface area contributed by atoms with Crippen molar-refractivity contribution in [1.29, 1.82) is 0 Å². The van der Waals surface area contributed by atoms with Crippen LogP contribution >= 0.6 is 0 Å². The average Bonchev–Trinajstić information content (AvgIpc) is 2.93. The van der Waals surface area contributed by atoms with E-state index in [4.69, 9.17) is 0 Å². The second-order valence-corrected chi connectivity index (χ2v) is 4.30. The van der Waals surface area contributed by atoms with Crippen molar-refractivity contribution in [1.82, 2.24) is 24.5 Å². The molecule has 0 aliphatic heterocycles. The van der Waals surface area contributed by atoms with Gasteiger partial charge in [-0.15, -0.1) is 0 Å². The summed E-state index contributed by atoms with van der Waals surface area (Å²) in [4.78, 5) is 16.8. The Morgan fingerprint density at radius 3 is 2.65 bits per heavy atom. The molecule has 0 saturated carbocycles. The van der Waals surface area contributed by atoms with Crippen LogP contribution in [0, 0.1) is 6.92 Å². The molecule has 0 atom stereocenters. The Hall–Kier alpha value is -2.76. The maximum absolute atomic E-state index is 4.42. The summed E-state index contributed by atoms with van der Waals surface area (Å²) >= 11 is 0. The van der Waals surface area contributed by atoms with E-state index in [1.165, 1.54) is 0 Å². The lowest BCUT2D eigenvalue weighted by atomic mass is 10.3. The Balaban J connectivity index is 1.69. The summed E-state index contributed by atoms with van der Waals surface area (Å²) in [5.41, 5.74) is 1.83. The van der Waals surface area contributed by atoms with Gasteiger partial charge >= 0.3 is 0 Å². The molecular formula is C14H14N6. The molecule has 0 bridgehead atoms. The molecular weight excluding hydrogens is 252 g/mol. The van der Waals surface area contributed by atoms with Crippen LogP contribution in [0.4, 0.5) is 5.69 Å². The van der Waals surface area contributed by atoms with E-state index in [9.17, 15) is 0 Å². The number of aromatic nitrogens is 5. The lowest BCUT2D eigenvalue weighted by Crippen LogP contribution is -2.03. The quantitative estimate of drug-likeness (QED) is 0.782. The van der Waals surface area contributed by atoms with Gasteiger partial charge in [0.25, 0.3) is 0 Å². The van der Waals surface area contributed by atoms with Crippen LogP contribution in [0.25, 0.3) is 5.82 Å². The first-order valence-electron chi connectivity index (χ1n) is 6.28. The highest BCUT2D eigenvalue weighted by Gasteiger charge is 2.02. The van der Waals surface area contributed by atoms with Gasteiger partial charge in [-0.05, 0) is 19.1 Å². The van der Waals surface area contributed by atoms with Gasteiger partial charge in [0, 0.05) is 24.8 Å². The molecule has 0 fully saturated rings. The van der Waals surface area contributed by atoms with Gasteiger partial charge < -0.3 is 5.32 Å². The smallest absolute Gasteiger partial charge is 0.138 e. The number of aryl methyl sites for hydroxylation is 1. The largest absolute Gasteiger partial charge is 0.378 e. The number of rotatable bonds is 4. The van der Waals surface area contributed by atoms with Crippen molar-refractivity contribution in [3.05, 3.63) is 60.8 Å². The van der Waals surface area contributed by atoms with Crippen molar-refractivity contribution in [2.75, 3.05) is 5.32 Å². The summed E-state index contributed by atoms with van der Waals surface area (Å²) in [6.07, 6.45) is 10.5. The standard InChI is InChI=1S/C14H14N6/c1-11-16-6-7-20(11)14-3-2-12(9-19-14)18-10-13-8-15-4-5-17-13/h2-9,18H,10H2,1H3. The summed E-state index contributed by atoms with van der Waals surface area (Å²) in [5.74, 6) is 1.77. The third kappa shape index (κ3) is 2.64. The number of hydrogen-bond acceptors (Lipinski definition) is 5. The summed E-state index contributed by atoms with van der Waals surface area (Å²) < 4.78 is 1.94. The van der Waals surface area contributed by atoms with Gasteiger partial charge in [0.05, 0.1) is 30.3 Å². The Kier molecular flexibility index (Phi) is 3.36. The zero-order valence-corrected chi connectivity index (χ0v) is 11.1. The Labute approximate surface area is 116 Å². The molecule has 0 radical (unpaired) electrons. The van der Waals surface area contributed by atoms with Gasteiger partial charge in [-0.3, -0.25) is 14.5 Å². The molecule has 100 valence electrons. The van der Waals surface area contributed by atoms with Crippen LogP contribution in [0.5, 0.6) is 0 Å². The van der Waals surface area contributed by atoms with E-state index in [1.807, 2.05) is 29.8 Å². The minimum Gasteiger partial charge on any atom is -0.378 e. The molecule has 0 saturated heterocycles. The Morgan fingerprint density at radius 1 is 1.05 bits per heavy atom.